The molecule has 0 aliphatic rings. The Morgan fingerprint density at radius 2 is 1.71 bits per heavy atom. The first-order chi connectivity index (χ1) is 13.3. The number of rotatable bonds is 2. The lowest BCUT2D eigenvalue weighted by molar-refractivity contribution is 0.102. The summed E-state index contributed by atoms with van der Waals surface area (Å²) in [5.41, 5.74) is 3.62. The van der Waals surface area contributed by atoms with Gasteiger partial charge in [0.05, 0.1) is 21.4 Å². The van der Waals surface area contributed by atoms with E-state index >= 15 is 0 Å². The van der Waals surface area contributed by atoms with Gasteiger partial charge in [-0.15, -0.1) is 0 Å². The fourth-order valence-corrected chi connectivity index (χ4v) is 3.59. The van der Waals surface area contributed by atoms with Gasteiger partial charge in [-0.05, 0) is 61.4 Å². The summed E-state index contributed by atoms with van der Waals surface area (Å²) in [6, 6.07) is 13.3. The number of carbonyl (C=O) groups is 1. The summed E-state index contributed by atoms with van der Waals surface area (Å²) in [6.07, 6.45) is 0. The predicted molar refractivity (Wildman–Crippen MR) is 114 cm³/mol. The summed E-state index contributed by atoms with van der Waals surface area (Å²) in [7, 11) is 0. The van der Waals surface area contributed by atoms with Gasteiger partial charge in [-0.3, -0.25) is 9.59 Å². The van der Waals surface area contributed by atoms with Crippen molar-refractivity contribution in [1.29, 1.82) is 0 Å². The van der Waals surface area contributed by atoms with Gasteiger partial charge in [0.15, 0.2) is 0 Å². The van der Waals surface area contributed by atoms with E-state index in [0.717, 1.165) is 11.1 Å². The molecule has 4 nitrogen and oxygen atoms in total. The maximum Gasteiger partial charge on any atom is 0.257 e. The van der Waals surface area contributed by atoms with E-state index in [4.69, 9.17) is 27.6 Å². The second kappa shape index (κ2) is 6.97. The standard InChI is InChI=1S/C22H15Cl2NO3/c1-11-3-6-17-20(26)16-8-5-14(10-19(16)28-21(17)12(11)2)25-22(27)15-7-4-13(23)9-18(15)24/h3-10H,1-2H3,(H,25,27). The maximum atomic E-state index is 12.8. The molecule has 0 aliphatic heterocycles. The van der Waals surface area contributed by atoms with E-state index in [0.29, 0.717) is 38.2 Å². The quantitative estimate of drug-likeness (QED) is 0.404. The van der Waals surface area contributed by atoms with Gasteiger partial charge in [0.2, 0.25) is 5.43 Å². The highest BCUT2D eigenvalue weighted by molar-refractivity contribution is 6.37. The highest BCUT2D eigenvalue weighted by Crippen LogP contribution is 2.26. The Labute approximate surface area is 170 Å². The second-order valence-electron chi connectivity index (χ2n) is 6.60. The van der Waals surface area contributed by atoms with E-state index in [1.54, 1.807) is 36.4 Å². The van der Waals surface area contributed by atoms with Crippen LogP contribution in [0.4, 0.5) is 5.69 Å². The molecular formula is C22H15Cl2NO3. The molecule has 0 spiro atoms. The highest BCUT2D eigenvalue weighted by Gasteiger charge is 2.14. The number of hydrogen-bond donors (Lipinski definition) is 1. The monoisotopic (exact) mass is 411 g/mol. The first kappa shape index (κ1) is 18.5. The number of nitrogens with one attached hydrogen (secondary N) is 1. The van der Waals surface area contributed by atoms with Crippen molar-refractivity contribution in [1.82, 2.24) is 0 Å². The normalized spacial score (nSPS) is 11.1. The van der Waals surface area contributed by atoms with Crippen LogP contribution in [0.1, 0.15) is 21.5 Å². The van der Waals surface area contributed by atoms with E-state index in [9.17, 15) is 9.59 Å². The minimum absolute atomic E-state index is 0.0991. The molecule has 1 N–H and O–H groups in total. The van der Waals surface area contributed by atoms with Crippen molar-refractivity contribution in [2.45, 2.75) is 13.8 Å². The van der Waals surface area contributed by atoms with Crippen LogP contribution < -0.4 is 10.7 Å². The van der Waals surface area contributed by atoms with Gasteiger partial charge >= 0.3 is 0 Å². The van der Waals surface area contributed by atoms with Gasteiger partial charge in [0.25, 0.3) is 5.91 Å². The molecule has 4 aromatic rings. The fraction of sp³-hybridized carbons (Fsp3) is 0.0909. The Morgan fingerprint density at radius 3 is 2.46 bits per heavy atom. The molecule has 0 saturated heterocycles. The van der Waals surface area contributed by atoms with Crippen LogP contribution in [0.5, 0.6) is 0 Å². The molecule has 1 amide bonds. The zero-order chi connectivity index (χ0) is 20.0. The molecule has 0 atom stereocenters. The largest absolute Gasteiger partial charge is 0.455 e. The summed E-state index contributed by atoms with van der Waals surface area (Å²) in [6.45, 7) is 3.88. The van der Waals surface area contributed by atoms with Crippen molar-refractivity contribution in [2.75, 3.05) is 5.32 Å². The number of halogens is 2. The first-order valence-corrected chi connectivity index (χ1v) is 9.34. The van der Waals surface area contributed by atoms with Crippen LogP contribution in [0.3, 0.4) is 0 Å². The molecular weight excluding hydrogens is 397 g/mol. The van der Waals surface area contributed by atoms with Crippen molar-refractivity contribution < 1.29 is 9.21 Å². The number of benzene rings is 3. The third-order valence-corrected chi connectivity index (χ3v) is 5.34. The van der Waals surface area contributed by atoms with Crippen LogP contribution in [-0.2, 0) is 0 Å². The van der Waals surface area contributed by atoms with E-state index in [1.807, 2.05) is 19.9 Å². The molecule has 0 bridgehead atoms. The van der Waals surface area contributed by atoms with Crippen LogP contribution in [0.2, 0.25) is 10.0 Å². The third kappa shape index (κ3) is 3.15. The number of anilines is 1. The molecule has 0 saturated carbocycles. The smallest absolute Gasteiger partial charge is 0.257 e. The minimum atomic E-state index is -0.379. The maximum absolute atomic E-state index is 12.8. The molecule has 28 heavy (non-hydrogen) atoms. The number of aryl methyl sites for hydroxylation is 2. The van der Waals surface area contributed by atoms with Crippen molar-refractivity contribution in [3.8, 4) is 0 Å². The molecule has 140 valence electrons. The van der Waals surface area contributed by atoms with Gasteiger partial charge in [-0.1, -0.05) is 29.3 Å². The SMILES string of the molecule is Cc1ccc2c(=O)c3ccc(NC(=O)c4ccc(Cl)cc4Cl)cc3oc2c1C. The first-order valence-electron chi connectivity index (χ1n) is 8.58. The van der Waals surface area contributed by atoms with Crippen LogP contribution >= 0.6 is 23.2 Å². The Kier molecular flexibility index (Phi) is 4.61. The molecule has 6 heteroatoms. The number of carbonyl (C=O) groups excluding carboxylic acids is 1. The van der Waals surface area contributed by atoms with Crippen LogP contribution in [-0.4, -0.2) is 5.91 Å². The van der Waals surface area contributed by atoms with E-state index in [-0.39, 0.29) is 16.4 Å². The summed E-state index contributed by atoms with van der Waals surface area (Å²) in [4.78, 5) is 25.3. The van der Waals surface area contributed by atoms with Gasteiger partial charge in [-0.2, -0.15) is 0 Å². The Bertz CT molecular complexity index is 1330. The molecule has 0 aliphatic carbocycles. The van der Waals surface area contributed by atoms with Crippen LogP contribution in [0.15, 0.2) is 57.7 Å². The van der Waals surface area contributed by atoms with E-state index < -0.39 is 0 Å². The zero-order valence-electron chi connectivity index (χ0n) is 15.1. The van der Waals surface area contributed by atoms with E-state index in [2.05, 4.69) is 5.32 Å². The number of hydrogen-bond acceptors (Lipinski definition) is 3. The van der Waals surface area contributed by atoms with E-state index in [1.165, 1.54) is 6.07 Å². The fourth-order valence-electron chi connectivity index (χ4n) is 3.10. The average molecular weight is 412 g/mol. The van der Waals surface area contributed by atoms with Crippen molar-refractivity contribution in [3.63, 3.8) is 0 Å². The summed E-state index contributed by atoms with van der Waals surface area (Å²) in [5, 5.41) is 4.48. The Balaban J connectivity index is 1.79. The molecule has 4 rings (SSSR count). The molecule has 0 unspecified atom stereocenters. The Hall–Kier alpha value is -2.82. The van der Waals surface area contributed by atoms with Gasteiger partial charge in [-0.25, -0.2) is 0 Å². The van der Waals surface area contributed by atoms with Crippen molar-refractivity contribution >= 4 is 56.7 Å². The number of amides is 1. The Morgan fingerprint density at radius 1 is 0.964 bits per heavy atom. The number of fused-ring (bicyclic) bond motifs is 2. The van der Waals surface area contributed by atoms with Crippen molar-refractivity contribution in [2.24, 2.45) is 0 Å². The molecule has 1 heterocycles. The van der Waals surface area contributed by atoms with Gasteiger partial charge in [0.1, 0.15) is 11.2 Å². The van der Waals surface area contributed by atoms with Gasteiger partial charge < -0.3 is 9.73 Å². The topological polar surface area (TPSA) is 59.3 Å². The average Bonchev–Trinajstić information content (AvgIpc) is 2.65. The van der Waals surface area contributed by atoms with Crippen LogP contribution in [0.25, 0.3) is 21.9 Å². The summed E-state index contributed by atoms with van der Waals surface area (Å²) >= 11 is 12.0. The lowest BCUT2D eigenvalue weighted by atomic mass is 10.0. The third-order valence-electron chi connectivity index (χ3n) is 4.79. The highest BCUT2D eigenvalue weighted by atomic mass is 35.5. The predicted octanol–water partition coefficient (Wildman–Crippen LogP) is 6.12. The molecule has 0 fully saturated rings. The molecule has 3 aromatic carbocycles. The zero-order valence-corrected chi connectivity index (χ0v) is 16.6. The molecule has 1 aromatic heterocycles. The van der Waals surface area contributed by atoms with Gasteiger partial charge in [0, 0.05) is 16.8 Å². The summed E-state index contributed by atoms with van der Waals surface area (Å²) in [5.74, 6) is -0.379. The summed E-state index contributed by atoms with van der Waals surface area (Å²) < 4.78 is 6.01. The van der Waals surface area contributed by atoms with Crippen LogP contribution in [0, 0.1) is 13.8 Å². The lowest BCUT2D eigenvalue weighted by Crippen LogP contribution is -2.12. The minimum Gasteiger partial charge on any atom is -0.455 e. The molecule has 0 radical (unpaired) electrons. The van der Waals surface area contributed by atoms with Crippen molar-refractivity contribution in [3.05, 3.63) is 85.5 Å². The second-order valence-corrected chi connectivity index (χ2v) is 7.45. The lowest BCUT2D eigenvalue weighted by Gasteiger charge is -2.09.